The van der Waals surface area contributed by atoms with Crippen LogP contribution in [0.4, 0.5) is 0 Å². The largest absolute Gasteiger partial charge is 0.508 e. The normalized spacial score (nSPS) is 12.0. The third-order valence-electron chi connectivity index (χ3n) is 1.72. The first-order chi connectivity index (χ1) is 6.15. The van der Waals surface area contributed by atoms with Gasteiger partial charge in [-0.25, -0.2) is 0 Å². The van der Waals surface area contributed by atoms with Gasteiger partial charge in [0.05, 0.1) is 12.5 Å². The van der Waals surface area contributed by atoms with Crippen LogP contribution in [0.15, 0.2) is 18.2 Å². The van der Waals surface area contributed by atoms with Crippen LogP contribution in [0.2, 0.25) is 0 Å². The van der Waals surface area contributed by atoms with Crippen molar-refractivity contribution in [2.45, 2.75) is 12.5 Å². The van der Waals surface area contributed by atoms with E-state index >= 15 is 0 Å². The number of nitrogens with two attached hydrogens (primary N) is 1. The molecule has 0 aliphatic carbocycles. The maximum atomic E-state index is 9.34. The molecule has 13 heavy (non-hydrogen) atoms. The second-order valence-corrected chi connectivity index (χ2v) is 2.71. The van der Waals surface area contributed by atoms with Crippen molar-refractivity contribution in [3.63, 3.8) is 0 Å². The molecule has 1 atom stereocenters. The van der Waals surface area contributed by atoms with Crippen LogP contribution in [0, 0.1) is 11.3 Å². The Morgan fingerprint density at radius 1 is 1.46 bits per heavy atom. The molecular formula is C9H10N2O2. The zero-order valence-corrected chi connectivity index (χ0v) is 6.94. The number of aromatic hydroxyl groups is 2. The van der Waals surface area contributed by atoms with Crippen LogP contribution >= 0.6 is 0 Å². The van der Waals surface area contributed by atoms with Crippen molar-refractivity contribution in [2.24, 2.45) is 5.73 Å². The van der Waals surface area contributed by atoms with Crippen molar-refractivity contribution in [2.75, 3.05) is 0 Å². The Morgan fingerprint density at radius 2 is 2.15 bits per heavy atom. The number of benzene rings is 1. The van der Waals surface area contributed by atoms with Gasteiger partial charge in [-0.3, -0.25) is 0 Å². The molecule has 1 rings (SSSR count). The average molecular weight is 178 g/mol. The molecule has 0 amide bonds. The van der Waals surface area contributed by atoms with E-state index in [0.29, 0.717) is 5.56 Å². The van der Waals surface area contributed by atoms with Gasteiger partial charge >= 0.3 is 0 Å². The van der Waals surface area contributed by atoms with E-state index in [4.69, 9.17) is 16.1 Å². The Hall–Kier alpha value is -1.73. The summed E-state index contributed by atoms with van der Waals surface area (Å²) < 4.78 is 0. The summed E-state index contributed by atoms with van der Waals surface area (Å²) in [6.07, 6.45) is 0.137. The van der Waals surface area contributed by atoms with E-state index in [-0.39, 0.29) is 17.9 Å². The number of phenols is 2. The van der Waals surface area contributed by atoms with Gasteiger partial charge in [-0.05, 0) is 6.07 Å². The van der Waals surface area contributed by atoms with E-state index in [1.807, 2.05) is 6.07 Å². The summed E-state index contributed by atoms with van der Waals surface area (Å²) >= 11 is 0. The van der Waals surface area contributed by atoms with Crippen LogP contribution in [0.1, 0.15) is 18.0 Å². The molecule has 0 fully saturated rings. The van der Waals surface area contributed by atoms with E-state index in [1.165, 1.54) is 18.2 Å². The summed E-state index contributed by atoms with van der Waals surface area (Å²) in [5, 5.41) is 26.7. The molecule has 0 aliphatic heterocycles. The summed E-state index contributed by atoms with van der Waals surface area (Å²) in [7, 11) is 0. The zero-order chi connectivity index (χ0) is 9.84. The van der Waals surface area contributed by atoms with Crippen molar-refractivity contribution in [3.05, 3.63) is 23.8 Å². The molecule has 0 spiro atoms. The van der Waals surface area contributed by atoms with Gasteiger partial charge in [0.25, 0.3) is 0 Å². The lowest BCUT2D eigenvalue weighted by molar-refractivity contribution is 0.442. The molecule has 0 aromatic heterocycles. The van der Waals surface area contributed by atoms with E-state index in [0.717, 1.165) is 0 Å². The van der Waals surface area contributed by atoms with Crippen LogP contribution in [-0.2, 0) is 0 Å². The molecule has 4 N–H and O–H groups in total. The monoisotopic (exact) mass is 178 g/mol. The van der Waals surface area contributed by atoms with Gasteiger partial charge in [-0.1, -0.05) is 6.07 Å². The highest BCUT2D eigenvalue weighted by Gasteiger charge is 2.10. The highest BCUT2D eigenvalue weighted by atomic mass is 16.3. The summed E-state index contributed by atoms with van der Waals surface area (Å²) in [5.74, 6) is -0.104. The molecule has 1 aromatic carbocycles. The Labute approximate surface area is 75.8 Å². The standard InChI is InChI=1S/C9H10N2O2/c10-4-3-8(11)7-2-1-6(12)5-9(7)13/h1-2,5,8,12-13H,3,11H2/t8-/m1/s1. The Balaban J connectivity index is 2.96. The Bertz CT molecular complexity index is 344. The van der Waals surface area contributed by atoms with Crippen LogP contribution in [0.5, 0.6) is 11.5 Å². The second kappa shape index (κ2) is 3.78. The maximum Gasteiger partial charge on any atom is 0.124 e. The van der Waals surface area contributed by atoms with Crippen molar-refractivity contribution in [1.29, 1.82) is 5.26 Å². The first kappa shape index (κ1) is 9.36. The molecule has 0 bridgehead atoms. The van der Waals surface area contributed by atoms with Crippen LogP contribution < -0.4 is 5.73 Å². The number of rotatable bonds is 2. The quantitative estimate of drug-likeness (QED) is 0.630. The number of hydrogen-bond donors (Lipinski definition) is 3. The summed E-state index contributed by atoms with van der Waals surface area (Å²) in [5.41, 5.74) is 6.06. The van der Waals surface area contributed by atoms with Crippen LogP contribution in [0.3, 0.4) is 0 Å². The topological polar surface area (TPSA) is 90.3 Å². The van der Waals surface area contributed by atoms with Crippen molar-refractivity contribution < 1.29 is 10.2 Å². The van der Waals surface area contributed by atoms with Gasteiger partial charge in [-0.2, -0.15) is 5.26 Å². The predicted octanol–water partition coefficient (Wildman–Crippen LogP) is 1.01. The average Bonchev–Trinajstić information content (AvgIpc) is 2.04. The molecule has 68 valence electrons. The van der Waals surface area contributed by atoms with Gasteiger partial charge in [0.2, 0.25) is 0 Å². The number of phenolic OH excluding ortho intramolecular Hbond substituents is 2. The minimum absolute atomic E-state index is 0.0228. The SMILES string of the molecule is N#CC[C@@H](N)c1ccc(O)cc1O. The van der Waals surface area contributed by atoms with Crippen molar-refractivity contribution >= 4 is 0 Å². The third kappa shape index (κ3) is 2.10. The fraction of sp³-hybridized carbons (Fsp3) is 0.222. The Kier molecular flexibility index (Phi) is 2.72. The molecular weight excluding hydrogens is 168 g/mol. The molecule has 0 saturated heterocycles. The Morgan fingerprint density at radius 3 is 2.69 bits per heavy atom. The lowest BCUT2D eigenvalue weighted by Gasteiger charge is -2.09. The van der Waals surface area contributed by atoms with Gasteiger partial charge in [0.1, 0.15) is 11.5 Å². The maximum absolute atomic E-state index is 9.34. The lowest BCUT2D eigenvalue weighted by atomic mass is 10.0. The molecule has 0 radical (unpaired) electrons. The number of nitrogens with zero attached hydrogens (tertiary/aromatic N) is 1. The molecule has 4 nitrogen and oxygen atoms in total. The van der Waals surface area contributed by atoms with E-state index in [9.17, 15) is 5.11 Å². The van der Waals surface area contributed by atoms with Crippen LogP contribution in [0.25, 0.3) is 0 Å². The lowest BCUT2D eigenvalue weighted by Crippen LogP contribution is -2.09. The minimum Gasteiger partial charge on any atom is -0.508 e. The highest BCUT2D eigenvalue weighted by Crippen LogP contribution is 2.27. The zero-order valence-electron chi connectivity index (χ0n) is 6.94. The summed E-state index contributed by atoms with van der Waals surface area (Å²) in [4.78, 5) is 0. The highest BCUT2D eigenvalue weighted by molar-refractivity contribution is 5.40. The molecule has 4 heteroatoms. The van der Waals surface area contributed by atoms with Crippen LogP contribution in [-0.4, -0.2) is 10.2 Å². The molecule has 1 aromatic rings. The fourth-order valence-corrected chi connectivity index (χ4v) is 1.05. The van der Waals surface area contributed by atoms with E-state index in [1.54, 1.807) is 0 Å². The molecule has 0 saturated carbocycles. The summed E-state index contributed by atoms with van der Waals surface area (Å²) in [6, 6.07) is 5.53. The van der Waals surface area contributed by atoms with E-state index < -0.39 is 6.04 Å². The van der Waals surface area contributed by atoms with E-state index in [2.05, 4.69) is 0 Å². The van der Waals surface area contributed by atoms with Crippen molar-refractivity contribution in [3.8, 4) is 17.6 Å². The van der Waals surface area contributed by atoms with Gasteiger partial charge < -0.3 is 15.9 Å². The smallest absolute Gasteiger partial charge is 0.124 e. The molecule has 0 unspecified atom stereocenters. The van der Waals surface area contributed by atoms with Gasteiger partial charge in [0, 0.05) is 17.7 Å². The number of nitriles is 1. The predicted molar refractivity (Wildman–Crippen MR) is 46.9 cm³/mol. The first-order valence-electron chi connectivity index (χ1n) is 3.79. The minimum atomic E-state index is -0.509. The van der Waals surface area contributed by atoms with Crippen molar-refractivity contribution in [1.82, 2.24) is 0 Å². The molecule has 0 aliphatic rings. The third-order valence-corrected chi connectivity index (χ3v) is 1.72. The van der Waals surface area contributed by atoms with Gasteiger partial charge in [-0.15, -0.1) is 0 Å². The second-order valence-electron chi connectivity index (χ2n) is 2.71. The number of hydrogen-bond acceptors (Lipinski definition) is 4. The molecule has 0 heterocycles. The fourth-order valence-electron chi connectivity index (χ4n) is 1.05. The first-order valence-corrected chi connectivity index (χ1v) is 3.79. The van der Waals surface area contributed by atoms with Gasteiger partial charge in [0.15, 0.2) is 0 Å². The summed E-state index contributed by atoms with van der Waals surface area (Å²) in [6.45, 7) is 0.